The van der Waals surface area contributed by atoms with Crippen LogP contribution in [0.4, 0.5) is 0 Å². The fraction of sp³-hybridized carbons (Fsp3) is 0.667. The first-order valence-corrected chi connectivity index (χ1v) is 8.18. The number of nitrogens with zero attached hydrogens (tertiary/aromatic N) is 1. The van der Waals surface area contributed by atoms with Crippen LogP contribution in [-0.4, -0.2) is 36.6 Å². The number of rotatable bonds is 5. The largest absolute Gasteiger partial charge is 0.312 e. The first-order valence-electron chi connectivity index (χ1n) is 8.18. The maximum Gasteiger partial charge on any atom is 0.0218 e. The third-order valence-corrected chi connectivity index (χ3v) is 4.58. The maximum absolute atomic E-state index is 3.71. The molecule has 1 fully saturated rings. The van der Waals surface area contributed by atoms with Gasteiger partial charge in [-0.3, -0.25) is 4.90 Å². The molecule has 1 N–H and O–H groups in total. The van der Waals surface area contributed by atoms with Crippen LogP contribution < -0.4 is 5.32 Å². The Labute approximate surface area is 124 Å². The van der Waals surface area contributed by atoms with Crippen LogP contribution in [0, 0.1) is 5.92 Å². The minimum absolute atomic E-state index is 0.650. The molecule has 20 heavy (non-hydrogen) atoms. The molecule has 2 atom stereocenters. The highest BCUT2D eigenvalue weighted by Crippen LogP contribution is 2.14. The molecule has 0 bridgehead atoms. The Kier molecular flexibility index (Phi) is 6.06. The molecule has 0 saturated carbocycles. The molecule has 0 aliphatic carbocycles. The molecule has 2 unspecified atom stereocenters. The SMILES string of the molecule is CC(C)C1CN(CCCc2ccccc2)C(C)CCN1. The summed E-state index contributed by atoms with van der Waals surface area (Å²) in [5.41, 5.74) is 1.47. The first-order chi connectivity index (χ1) is 9.66. The lowest BCUT2D eigenvalue weighted by Crippen LogP contribution is -2.43. The highest BCUT2D eigenvalue weighted by molar-refractivity contribution is 5.14. The van der Waals surface area contributed by atoms with Crippen molar-refractivity contribution in [2.24, 2.45) is 5.92 Å². The Morgan fingerprint density at radius 3 is 2.70 bits per heavy atom. The Morgan fingerprint density at radius 2 is 2.00 bits per heavy atom. The molecule has 1 saturated heterocycles. The van der Waals surface area contributed by atoms with E-state index in [4.69, 9.17) is 0 Å². The van der Waals surface area contributed by atoms with E-state index in [0.29, 0.717) is 12.1 Å². The van der Waals surface area contributed by atoms with E-state index in [1.165, 1.54) is 44.5 Å². The monoisotopic (exact) mass is 274 g/mol. The van der Waals surface area contributed by atoms with E-state index in [1.54, 1.807) is 0 Å². The fourth-order valence-electron chi connectivity index (χ4n) is 3.05. The molecule has 2 heteroatoms. The zero-order valence-electron chi connectivity index (χ0n) is 13.3. The molecule has 0 aromatic heterocycles. The molecule has 1 aliphatic rings. The highest BCUT2D eigenvalue weighted by Gasteiger charge is 2.23. The van der Waals surface area contributed by atoms with Gasteiger partial charge >= 0.3 is 0 Å². The number of hydrogen-bond donors (Lipinski definition) is 1. The molecule has 1 aromatic rings. The van der Waals surface area contributed by atoms with E-state index in [9.17, 15) is 0 Å². The predicted octanol–water partition coefficient (Wildman–Crippen LogP) is 3.33. The van der Waals surface area contributed by atoms with Gasteiger partial charge in [-0.05, 0) is 50.8 Å². The van der Waals surface area contributed by atoms with Gasteiger partial charge in [0.05, 0.1) is 0 Å². The van der Waals surface area contributed by atoms with Gasteiger partial charge in [-0.2, -0.15) is 0 Å². The van der Waals surface area contributed by atoms with Crippen molar-refractivity contribution in [2.75, 3.05) is 19.6 Å². The van der Waals surface area contributed by atoms with E-state index in [0.717, 1.165) is 5.92 Å². The van der Waals surface area contributed by atoms with E-state index in [2.05, 4.69) is 61.3 Å². The van der Waals surface area contributed by atoms with Gasteiger partial charge < -0.3 is 5.32 Å². The number of aryl methyl sites for hydroxylation is 1. The van der Waals surface area contributed by atoms with Crippen LogP contribution in [0.5, 0.6) is 0 Å². The minimum atomic E-state index is 0.650. The fourth-order valence-corrected chi connectivity index (χ4v) is 3.05. The van der Waals surface area contributed by atoms with Crippen molar-refractivity contribution >= 4 is 0 Å². The van der Waals surface area contributed by atoms with E-state index in [-0.39, 0.29) is 0 Å². The Hall–Kier alpha value is -0.860. The minimum Gasteiger partial charge on any atom is -0.312 e. The maximum atomic E-state index is 3.71. The van der Waals surface area contributed by atoms with Crippen LogP contribution in [0.15, 0.2) is 30.3 Å². The number of benzene rings is 1. The quantitative estimate of drug-likeness (QED) is 0.886. The average Bonchev–Trinajstić information content (AvgIpc) is 2.63. The molecule has 112 valence electrons. The summed E-state index contributed by atoms with van der Waals surface area (Å²) in [4.78, 5) is 2.69. The second kappa shape index (κ2) is 7.80. The van der Waals surface area contributed by atoms with Gasteiger partial charge in [-0.1, -0.05) is 44.2 Å². The summed E-state index contributed by atoms with van der Waals surface area (Å²) in [7, 11) is 0. The van der Waals surface area contributed by atoms with Gasteiger partial charge in [-0.15, -0.1) is 0 Å². The van der Waals surface area contributed by atoms with Gasteiger partial charge in [0.25, 0.3) is 0 Å². The van der Waals surface area contributed by atoms with Gasteiger partial charge in [0.15, 0.2) is 0 Å². The van der Waals surface area contributed by atoms with Crippen molar-refractivity contribution in [1.82, 2.24) is 10.2 Å². The normalized spacial score (nSPS) is 24.8. The molecule has 0 spiro atoms. The van der Waals surface area contributed by atoms with E-state index >= 15 is 0 Å². The standard InChI is InChI=1S/C18H30N2/c1-15(2)18-14-20(16(3)11-12-19-18)13-7-10-17-8-5-4-6-9-17/h4-6,8-9,15-16,18-19H,7,10-14H2,1-3H3. The zero-order valence-corrected chi connectivity index (χ0v) is 13.3. The number of hydrogen-bond acceptors (Lipinski definition) is 2. The summed E-state index contributed by atoms with van der Waals surface area (Å²) in [6.45, 7) is 10.6. The Morgan fingerprint density at radius 1 is 1.25 bits per heavy atom. The van der Waals surface area contributed by atoms with Crippen molar-refractivity contribution in [2.45, 2.75) is 52.1 Å². The lowest BCUT2D eigenvalue weighted by molar-refractivity contribution is 0.190. The summed E-state index contributed by atoms with van der Waals surface area (Å²) < 4.78 is 0. The molecule has 0 radical (unpaired) electrons. The van der Waals surface area contributed by atoms with Gasteiger partial charge in [0.2, 0.25) is 0 Å². The molecule has 1 aliphatic heterocycles. The van der Waals surface area contributed by atoms with Crippen LogP contribution in [0.3, 0.4) is 0 Å². The lowest BCUT2D eigenvalue weighted by Gasteiger charge is -2.30. The molecular weight excluding hydrogens is 244 g/mol. The topological polar surface area (TPSA) is 15.3 Å². The summed E-state index contributed by atoms with van der Waals surface area (Å²) in [6.07, 6.45) is 3.73. The van der Waals surface area contributed by atoms with Gasteiger partial charge in [-0.25, -0.2) is 0 Å². The smallest absolute Gasteiger partial charge is 0.0218 e. The van der Waals surface area contributed by atoms with Crippen LogP contribution in [0.25, 0.3) is 0 Å². The zero-order chi connectivity index (χ0) is 14.4. The molecule has 1 aromatic carbocycles. The van der Waals surface area contributed by atoms with E-state index in [1.807, 2.05) is 0 Å². The Balaban J connectivity index is 1.83. The summed E-state index contributed by atoms with van der Waals surface area (Å²) in [5, 5.41) is 3.71. The molecule has 2 nitrogen and oxygen atoms in total. The summed E-state index contributed by atoms with van der Waals surface area (Å²) in [6, 6.07) is 12.2. The van der Waals surface area contributed by atoms with Crippen molar-refractivity contribution in [3.05, 3.63) is 35.9 Å². The highest BCUT2D eigenvalue weighted by atomic mass is 15.2. The van der Waals surface area contributed by atoms with Gasteiger partial charge in [0.1, 0.15) is 0 Å². The average molecular weight is 274 g/mol. The summed E-state index contributed by atoms with van der Waals surface area (Å²) >= 11 is 0. The lowest BCUT2D eigenvalue weighted by atomic mass is 10.0. The first kappa shape index (κ1) is 15.5. The number of nitrogens with one attached hydrogen (secondary N) is 1. The van der Waals surface area contributed by atoms with Crippen LogP contribution in [-0.2, 0) is 6.42 Å². The van der Waals surface area contributed by atoms with Crippen LogP contribution in [0.2, 0.25) is 0 Å². The van der Waals surface area contributed by atoms with Crippen molar-refractivity contribution in [3.63, 3.8) is 0 Å². The van der Waals surface area contributed by atoms with Crippen molar-refractivity contribution < 1.29 is 0 Å². The van der Waals surface area contributed by atoms with Crippen molar-refractivity contribution in [3.8, 4) is 0 Å². The van der Waals surface area contributed by atoms with Gasteiger partial charge in [0, 0.05) is 18.6 Å². The molecule has 2 rings (SSSR count). The molecular formula is C18H30N2. The van der Waals surface area contributed by atoms with Crippen LogP contribution >= 0.6 is 0 Å². The summed E-state index contributed by atoms with van der Waals surface area (Å²) in [5.74, 6) is 0.719. The predicted molar refractivity (Wildman–Crippen MR) is 87.0 cm³/mol. The molecule has 1 heterocycles. The second-order valence-electron chi connectivity index (χ2n) is 6.53. The third-order valence-electron chi connectivity index (χ3n) is 4.58. The van der Waals surface area contributed by atoms with Crippen molar-refractivity contribution in [1.29, 1.82) is 0 Å². The van der Waals surface area contributed by atoms with E-state index < -0.39 is 0 Å². The third kappa shape index (κ3) is 4.60. The Bertz CT molecular complexity index is 374. The van der Waals surface area contributed by atoms with Crippen LogP contribution in [0.1, 0.15) is 39.2 Å². The second-order valence-corrected chi connectivity index (χ2v) is 6.53. The molecule has 0 amide bonds.